The van der Waals surface area contributed by atoms with Gasteiger partial charge in [0.15, 0.2) is 11.5 Å². The molecule has 1 amide bonds. The van der Waals surface area contributed by atoms with Crippen molar-refractivity contribution in [1.29, 1.82) is 0 Å². The Morgan fingerprint density at radius 1 is 1.24 bits per heavy atom. The minimum Gasteiger partial charge on any atom is -0.493 e. The minimum absolute atomic E-state index is 0.0211. The fraction of sp³-hybridized carbons (Fsp3) is 0.368. The number of carbonyl (C=O) groups is 1. The molecule has 0 saturated carbocycles. The largest absolute Gasteiger partial charge is 0.493 e. The summed E-state index contributed by atoms with van der Waals surface area (Å²) in [6, 6.07) is 7.86. The van der Waals surface area contributed by atoms with Crippen molar-refractivity contribution in [3.8, 4) is 11.5 Å². The second-order valence-corrected chi connectivity index (χ2v) is 6.07. The van der Waals surface area contributed by atoms with Gasteiger partial charge in [-0.15, -0.1) is 0 Å². The summed E-state index contributed by atoms with van der Waals surface area (Å²) in [5, 5.41) is 2.95. The third kappa shape index (κ3) is 4.28. The van der Waals surface area contributed by atoms with Crippen LogP contribution in [0.2, 0.25) is 0 Å². The number of nitrogens with one attached hydrogen (secondary N) is 1. The molecule has 0 fully saturated rings. The van der Waals surface area contributed by atoms with Gasteiger partial charge in [0.25, 0.3) is 0 Å². The molecule has 0 spiro atoms. The molecule has 0 aliphatic carbocycles. The van der Waals surface area contributed by atoms with Gasteiger partial charge >= 0.3 is 0 Å². The van der Waals surface area contributed by atoms with Gasteiger partial charge in [-0.3, -0.25) is 14.7 Å². The molecular weight excluding hydrogens is 318 g/mol. The predicted octanol–water partition coefficient (Wildman–Crippen LogP) is 1.77. The highest BCUT2D eigenvalue weighted by Crippen LogP contribution is 2.33. The van der Waals surface area contributed by atoms with Crippen molar-refractivity contribution in [2.75, 3.05) is 27.3 Å². The van der Waals surface area contributed by atoms with Crippen LogP contribution in [0.3, 0.4) is 0 Å². The Bertz CT molecular complexity index is 734. The number of rotatable bonds is 6. The fourth-order valence-electron chi connectivity index (χ4n) is 3.04. The summed E-state index contributed by atoms with van der Waals surface area (Å²) in [5.41, 5.74) is 3.44. The second kappa shape index (κ2) is 7.98. The Labute approximate surface area is 147 Å². The summed E-state index contributed by atoms with van der Waals surface area (Å²) < 4.78 is 10.7. The van der Waals surface area contributed by atoms with Gasteiger partial charge in [0.05, 0.1) is 20.8 Å². The molecule has 0 unspecified atom stereocenters. The topological polar surface area (TPSA) is 63.7 Å². The Balaban J connectivity index is 1.58. The average molecular weight is 341 g/mol. The summed E-state index contributed by atoms with van der Waals surface area (Å²) >= 11 is 0. The lowest BCUT2D eigenvalue weighted by Crippen LogP contribution is -2.39. The molecule has 0 saturated heterocycles. The first-order chi connectivity index (χ1) is 12.2. The minimum atomic E-state index is 0.0211. The predicted molar refractivity (Wildman–Crippen MR) is 94.6 cm³/mol. The summed E-state index contributed by atoms with van der Waals surface area (Å²) in [5.74, 6) is 1.50. The summed E-state index contributed by atoms with van der Waals surface area (Å²) in [6.45, 7) is 2.47. The highest BCUT2D eigenvalue weighted by molar-refractivity contribution is 5.78. The van der Waals surface area contributed by atoms with Crippen molar-refractivity contribution in [1.82, 2.24) is 15.2 Å². The maximum atomic E-state index is 12.2. The zero-order valence-corrected chi connectivity index (χ0v) is 14.6. The molecular formula is C19H23N3O3. The number of hydrogen-bond donors (Lipinski definition) is 1. The number of fused-ring (bicyclic) bond motifs is 1. The van der Waals surface area contributed by atoms with E-state index in [1.807, 2.05) is 24.3 Å². The zero-order chi connectivity index (χ0) is 17.6. The number of benzene rings is 1. The smallest absolute Gasteiger partial charge is 0.234 e. The molecule has 6 nitrogen and oxygen atoms in total. The highest BCUT2D eigenvalue weighted by atomic mass is 16.5. The lowest BCUT2D eigenvalue weighted by atomic mass is 9.99. The molecule has 0 bridgehead atoms. The van der Waals surface area contributed by atoms with E-state index in [4.69, 9.17) is 9.47 Å². The molecule has 0 atom stereocenters. The number of hydrogen-bond acceptors (Lipinski definition) is 5. The van der Waals surface area contributed by atoms with E-state index >= 15 is 0 Å². The average Bonchev–Trinajstić information content (AvgIpc) is 2.66. The Kier molecular flexibility index (Phi) is 5.50. The highest BCUT2D eigenvalue weighted by Gasteiger charge is 2.21. The number of aromatic nitrogens is 1. The van der Waals surface area contributed by atoms with Crippen LogP contribution < -0.4 is 14.8 Å². The van der Waals surface area contributed by atoms with Gasteiger partial charge in [0, 0.05) is 32.0 Å². The fourth-order valence-corrected chi connectivity index (χ4v) is 3.04. The van der Waals surface area contributed by atoms with Crippen molar-refractivity contribution < 1.29 is 14.3 Å². The molecule has 132 valence electrons. The van der Waals surface area contributed by atoms with Crippen LogP contribution in [0.1, 0.15) is 16.7 Å². The molecule has 1 aliphatic heterocycles. The Morgan fingerprint density at radius 3 is 2.68 bits per heavy atom. The van der Waals surface area contributed by atoms with Crippen molar-refractivity contribution in [3.63, 3.8) is 0 Å². The van der Waals surface area contributed by atoms with Crippen molar-refractivity contribution in [2.45, 2.75) is 19.5 Å². The van der Waals surface area contributed by atoms with Gasteiger partial charge in [0.2, 0.25) is 5.91 Å². The van der Waals surface area contributed by atoms with Gasteiger partial charge in [-0.2, -0.15) is 0 Å². The molecule has 1 N–H and O–H groups in total. The first-order valence-corrected chi connectivity index (χ1v) is 8.31. The zero-order valence-electron chi connectivity index (χ0n) is 14.6. The number of nitrogens with zero attached hydrogens (tertiary/aromatic N) is 2. The third-order valence-electron chi connectivity index (χ3n) is 4.38. The van der Waals surface area contributed by atoms with Gasteiger partial charge in [0.1, 0.15) is 0 Å². The van der Waals surface area contributed by atoms with Crippen LogP contribution in [0.15, 0.2) is 36.7 Å². The Morgan fingerprint density at radius 2 is 2.00 bits per heavy atom. The number of pyridine rings is 1. The van der Waals surface area contributed by atoms with Crippen LogP contribution in [0.25, 0.3) is 0 Å². The number of carbonyl (C=O) groups excluding carboxylic acids is 1. The molecule has 1 aliphatic rings. The van der Waals surface area contributed by atoms with E-state index in [1.165, 1.54) is 11.1 Å². The van der Waals surface area contributed by atoms with E-state index in [1.54, 1.807) is 26.6 Å². The van der Waals surface area contributed by atoms with E-state index in [-0.39, 0.29) is 5.91 Å². The number of ether oxygens (including phenoxy) is 2. The molecule has 0 radical (unpaired) electrons. The molecule has 2 heterocycles. The van der Waals surface area contributed by atoms with Crippen LogP contribution in [0.5, 0.6) is 11.5 Å². The van der Waals surface area contributed by atoms with Gasteiger partial charge < -0.3 is 14.8 Å². The van der Waals surface area contributed by atoms with E-state index < -0.39 is 0 Å². The van der Waals surface area contributed by atoms with Crippen LogP contribution >= 0.6 is 0 Å². The van der Waals surface area contributed by atoms with Gasteiger partial charge in [-0.25, -0.2) is 0 Å². The van der Waals surface area contributed by atoms with E-state index in [9.17, 15) is 4.79 Å². The van der Waals surface area contributed by atoms with E-state index in [0.717, 1.165) is 36.6 Å². The van der Waals surface area contributed by atoms with Crippen LogP contribution in [-0.2, 0) is 24.3 Å². The Hall–Kier alpha value is -2.60. The molecule has 6 heteroatoms. The maximum absolute atomic E-state index is 12.2. The van der Waals surface area contributed by atoms with E-state index in [0.29, 0.717) is 13.1 Å². The maximum Gasteiger partial charge on any atom is 0.234 e. The van der Waals surface area contributed by atoms with Crippen molar-refractivity contribution in [2.24, 2.45) is 0 Å². The third-order valence-corrected chi connectivity index (χ3v) is 4.38. The molecule has 3 rings (SSSR count). The summed E-state index contributed by atoms with van der Waals surface area (Å²) in [7, 11) is 3.28. The lowest BCUT2D eigenvalue weighted by Gasteiger charge is -2.29. The monoisotopic (exact) mass is 341 g/mol. The first kappa shape index (κ1) is 17.2. The first-order valence-electron chi connectivity index (χ1n) is 8.31. The standard InChI is InChI=1S/C19H23N3O3/c1-24-17-8-15-5-7-22(12-16(15)9-18(17)25-2)13-19(23)21-11-14-4-3-6-20-10-14/h3-4,6,8-10H,5,7,11-13H2,1-2H3,(H,21,23). The second-order valence-electron chi connectivity index (χ2n) is 6.07. The normalized spacial score (nSPS) is 13.8. The van der Waals surface area contributed by atoms with Crippen LogP contribution in [0, 0.1) is 0 Å². The number of methoxy groups -OCH3 is 2. The van der Waals surface area contributed by atoms with Crippen LogP contribution in [0.4, 0.5) is 0 Å². The van der Waals surface area contributed by atoms with Crippen LogP contribution in [-0.4, -0.2) is 43.1 Å². The number of amides is 1. The summed E-state index contributed by atoms with van der Waals surface area (Å²) in [4.78, 5) is 18.4. The lowest BCUT2D eigenvalue weighted by molar-refractivity contribution is -0.122. The van der Waals surface area contributed by atoms with Gasteiger partial charge in [-0.1, -0.05) is 6.07 Å². The SMILES string of the molecule is COc1cc2c(cc1OC)CN(CC(=O)NCc1cccnc1)CC2. The van der Waals surface area contributed by atoms with Gasteiger partial charge in [-0.05, 0) is 41.3 Å². The molecule has 1 aromatic carbocycles. The van der Waals surface area contributed by atoms with E-state index in [2.05, 4.69) is 15.2 Å². The molecule has 25 heavy (non-hydrogen) atoms. The summed E-state index contributed by atoms with van der Waals surface area (Å²) in [6.07, 6.45) is 4.38. The van der Waals surface area contributed by atoms with Crippen molar-refractivity contribution in [3.05, 3.63) is 53.3 Å². The van der Waals surface area contributed by atoms with Crippen molar-refractivity contribution >= 4 is 5.91 Å². The quantitative estimate of drug-likeness (QED) is 0.868. The molecule has 1 aromatic heterocycles. The molecule has 2 aromatic rings.